The van der Waals surface area contributed by atoms with Crippen molar-refractivity contribution in [3.8, 4) is 0 Å². The first-order valence-corrected chi connectivity index (χ1v) is 19.6. The molecule has 1 aliphatic rings. The Balaban J connectivity index is 1.70. The molecule has 1 aliphatic heterocycles. The fourth-order valence-electron chi connectivity index (χ4n) is 7.53. The summed E-state index contributed by atoms with van der Waals surface area (Å²) in [6.07, 6.45) is 2.21. The molecule has 0 bridgehead atoms. The fourth-order valence-corrected chi connectivity index (χ4v) is 13.2. The van der Waals surface area contributed by atoms with Gasteiger partial charge in [-0.15, -0.1) is 6.58 Å². The van der Waals surface area contributed by atoms with Crippen molar-refractivity contribution in [2.75, 3.05) is 6.61 Å². The van der Waals surface area contributed by atoms with E-state index >= 15 is 0 Å². The van der Waals surface area contributed by atoms with Crippen LogP contribution in [0.5, 0.6) is 0 Å². The third-order valence-corrected chi connectivity index (χ3v) is 16.1. The van der Waals surface area contributed by atoms with Gasteiger partial charge in [-0.25, -0.2) is 0 Å². The zero-order chi connectivity index (χ0) is 33.9. The summed E-state index contributed by atoms with van der Waals surface area (Å²) in [6, 6.07) is 31.0. The smallest absolute Gasteiger partial charge is 0.200 e. The van der Waals surface area contributed by atoms with Crippen LogP contribution in [0.3, 0.4) is 0 Å². The van der Waals surface area contributed by atoms with Gasteiger partial charge in [0, 0.05) is 6.42 Å². The summed E-state index contributed by atoms with van der Waals surface area (Å²) in [7, 11) is -2.32. The summed E-state index contributed by atoms with van der Waals surface area (Å²) in [5.41, 5.74) is 3.88. The highest BCUT2D eigenvalue weighted by Crippen LogP contribution is 2.48. The minimum absolute atomic E-state index is 0.222. The van der Waals surface area contributed by atoms with Crippen molar-refractivity contribution in [1.82, 2.24) is 0 Å². The molecule has 1 heterocycles. The van der Waals surface area contributed by atoms with Gasteiger partial charge in [-0.05, 0) is 46.7 Å². The van der Waals surface area contributed by atoms with Crippen LogP contribution in [-0.2, 0) is 43.2 Å². The summed E-state index contributed by atoms with van der Waals surface area (Å²) >= 11 is 0. The topological polar surface area (TPSA) is 46.2 Å². The number of benzene rings is 3. The van der Waals surface area contributed by atoms with E-state index in [1.165, 1.54) is 0 Å². The molecule has 0 radical (unpaired) electrons. The first kappa shape index (κ1) is 37.2. The van der Waals surface area contributed by atoms with E-state index < -0.39 is 13.9 Å². The Morgan fingerprint density at radius 2 is 1.26 bits per heavy atom. The van der Waals surface area contributed by atoms with E-state index in [0.29, 0.717) is 55.9 Å². The molecule has 6 heteroatoms. The Labute approximate surface area is 285 Å². The molecule has 0 N–H and O–H groups in total. The molecule has 47 heavy (non-hydrogen) atoms. The van der Waals surface area contributed by atoms with E-state index in [2.05, 4.69) is 116 Å². The van der Waals surface area contributed by atoms with Gasteiger partial charge in [0.1, 0.15) is 11.7 Å². The van der Waals surface area contributed by atoms with Gasteiger partial charge in [0.25, 0.3) is 0 Å². The summed E-state index contributed by atoms with van der Waals surface area (Å²) < 4.78 is 34.8. The van der Waals surface area contributed by atoms with Crippen LogP contribution in [0.1, 0.15) is 78.0 Å². The van der Waals surface area contributed by atoms with Crippen molar-refractivity contribution in [2.45, 2.75) is 128 Å². The molecule has 3 aromatic rings. The second-order valence-corrected chi connectivity index (χ2v) is 19.6. The summed E-state index contributed by atoms with van der Waals surface area (Å²) in [5.74, 6) is 0. The average Bonchev–Trinajstić information content (AvgIpc) is 3.06. The van der Waals surface area contributed by atoms with E-state index in [9.17, 15) is 0 Å². The zero-order valence-electron chi connectivity index (χ0n) is 29.8. The van der Waals surface area contributed by atoms with Crippen molar-refractivity contribution in [3.63, 3.8) is 0 Å². The van der Waals surface area contributed by atoms with Crippen LogP contribution >= 0.6 is 0 Å². The van der Waals surface area contributed by atoms with Crippen molar-refractivity contribution in [1.29, 1.82) is 0 Å². The van der Waals surface area contributed by atoms with Gasteiger partial charge >= 0.3 is 0 Å². The second-order valence-electron chi connectivity index (χ2n) is 14.1. The molecular formula is C41H58O5Si. The minimum Gasteiger partial charge on any atom is -0.410 e. The number of hydrogen-bond donors (Lipinski definition) is 0. The Morgan fingerprint density at radius 1 is 0.766 bits per heavy atom. The molecule has 5 atom stereocenters. The first-order valence-electron chi connectivity index (χ1n) is 17.5. The predicted octanol–water partition coefficient (Wildman–Crippen LogP) is 10.1. The molecule has 1 saturated heterocycles. The second kappa shape index (κ2) is 17.7. The van der Waals surface area contributed by atoms with E-state index in [0.717, 1.165) is 16.7 Å². The Morgan fingerprint density at radius 3 is 1.74 bits per heavy atom. The molecule has 1 fully saturated rings. The van der Waals surface area contributed by atoms with Gasteiger partial charge in [-0.3, -0.25) is 0 Å². The minimum atomic E-state index is -2.32. The molecule has 0 amide bonds. The molecule has 0 aromatic heterocycles. The Kier molecular flexibility index (Phi) is 14.0. The van der Waals surface area contributed by atoms with Gasteiger partial charge in [0.15, 0.2) is 0 Å². The maximum absolute atomic E-state index is 7.64. The van der Waals surface area contributed by atoms with Crippen LogP contribution in [0.2, 0.25) is 16.6 Å². The SMILES string of the molecule is C=CC[C@@H](OCc1ccccc1)[C@]1(C)O[C@H](COCc2ccccc2)[C@@H](OCc2ccccc2)C[C@H]1O[Si](C(C)C)(C(C)C)C(C)C. The molecule has 256 valence electrons. The van der Waals surface area contributed by atoms with Crippen LogP contribution < -0.4 is 0 Å². The number of rotatable bonds is 18. The third kappa shape index (κ3) is 9.53. The van der Waals surface area contributed by atoms with Crippen molar-refractivity contribution >= 4 is 8.32 Å². The zero-order valence-corrected chi connectivity index (χ0v) is 30.8. The normalized spacial score (nSPS) is 22.6. The van der Waals surface area contributed by atoms with Crippen LogP contribution in [0, 0.1) is 0 Å². The lowest BCUT2D eigenvalue weighted by molar-refractivity contribution is -0.274. The van der Waals surface area contributed by atoms with E-state index in [1.54, 1.807) is 0 Å². The standard InChI is InChI=1S/C41H58O5Si/c1-9-19-39(44-29-36-24-17-12-18-25-36)41(8)40(46-47(31(2)3,32(4)5)33(6)7)26-37(43-28-35-22-15-11-16-23-35)38(45-41)30-42-27-34-20-13-10-14-21-34/h9-18,20-25,31-33,37-40H,1,19,26-30H2,2-8H3/t37-,38+,39+,40+,41-/m0/s1. The quantitative estimate of drug-likeness (QED) is 0.101. The molecule has 0 saturated carbocycles. The molecule has 0 unspecified atom stereocenters. The Hall–Kier alpha value is -2.58. The maximum atomic E-state index is 7.64. The molecular weight excluding hydrogens is 601 g/mol. The van der Waals surface area contributed by atoms with Crippen molar-refractivity contribution in [3.05, 3.63) is 120 Å². The number of ether oxygens (including phenoxy) is 4. The first-order chi connectivity index (χ1) is 22.6. The summed E-state index contributed by atoms with van der Waals surface area (Å²) in [4.78, 5) is 0. The van der Waals surface area contributed by atoms with Crippen molar-refractivity contribution < 1.29 is 23.4 Å². The summed E-state index contributed by atoms with van der Waals surface area (Å²) in [5, 5.41) is 0. The van der Waals surface area contributed by atoms with Crippen LogP contribution in [0.25, 0.3) is 0 Å². The molecule has 0 spiro atoms. The van der Waals surface area contributed by atoms with Crippen LogP contribution in [-0.4, -0.2) is 44.9 Å². The maximum Gasteiger partial charge on any atom is 0.200 e. The van der Waals surface area contributed by atoms with Crippen molar-refractivity contribution in [2.24, 2.45) is 0 Å². The highest BCUT2D eigenvalue weighted by molar-refractivity contribution is 6.77. The van der Waals surface area contributed by atoms with E-state index in [-0.39, 0.29) is 24.4 Å². The lowest BCUT2D eigenvalue weighted by Crippen LogP contribution is -2.66. The van der Waals surface area contributed by atoms with Gasteiger partial charge in [-0.2, -0.15) is 0 Å². The van der Waals surface area contributed by atoms with Gasteiger partial charge in [0.2, 0.25) is 8.32 Å². The van der Waals surface area contributed by atoms with Crippen LogP contribution in [0.15, 0.2) is 104 Å². The van der Waals surface area contributed by atoms with Gasteiger partial charge < -0.3 is 23.4 Å². The lowest BCUT2D eigenvalue weighted by Gasteiger charge is -2.55. The molecule has 5 nitrogen and oxygen atoms in total. The third-order valence-electron chi connectivity index (χ3n) is 9.97. The van der Waals surface area contributed by atoms with Gasteiger partial charge in [-0.1, -0.05) is 139 Å². The molecule has 4 rings (SSSR count). The van der Waals surface area contributed by atoms with E-state index in [1.807, 2.05) is 36.4 Å². The van der Waals surface area contributed by atoms with Crippen LogP contribution in [0.4, 0.5) is 0 Å². The van der Waals surface area contributed by atoms with Gasteiger partial charge in [0.05, 0.1) is 44.7 Å². The highest BCUT2D eigenvalue weighted by atomic mass is 28.4. The molecule has 0 aliphatic carbocycles. The lowest BCUT2D eigenvalue weighted by atomic mass is 9.82. The monoisotopic (exact) mass is 658 g/mol. The Bertz CT molecular complexity index is 1290. The van der Waals surface area contributed by atoms with E-state index in [4.69, 9.17) is 23.4 Å². The highest BCUT2D eigenvalue weighted by Gasteiger charge is 2.56. The molecule has 3 aromatic carbocycles. The largest absolute Gasteiger partial charge is 0.410 e. The summed E-state index contributed by atoms with van der Waals surface area (Å²) in [6.45, 7) is 22.2. The fraction of sp³-hybridized carbons (Fsp3) is 0.512. The number of hydrogen-bond acceptors (Lipinski definition) is 5. The average molecular weight is 659 g/mol. The predicted molar refractivity (Wildman–Crippen MR) is 195 cm³/mol.